The third-order valence-corrected chi connectivity index (χ3v) is 3.45. The highest BCUT2D eigenvalue weighted by Gasteiger charge is 2.09. The molecule has 1 amide bonds. The van der Waals surface area contributed by atoms with E-state index in [2.05, 4.69) is 15.3 Å². The number of hydrogen-bond acceptors (Lipinski definition) is 4. The average molecular weight is 295 g/mol. The van der Waals surface area contributed by atoms with Crippen LogP contribution in [0.4, 0.5) is 0 Å². The van der Waals surface area contributed by atoms with Crippen LogP contribution < -0.4 is 10.9 Å². The van der Waals surface area contributed by atoms with Gasteiger partial charge in [0.2, 0.25) is 5.91 Å². The van der Waals surface area contributed by atoms with Crippen molar-refractivity contribution in [2.24, 2.45) is 5.92 Å². The number of carbonyl (C=O) groups is 1. The van der Waals surface area contributed by atoms with Crippen LogP contribution in [0.5, 0.6) is 0 Å². The van der Waals surface area contributed by atoms with Gasteiger partial charge in [-0.05, 0) is 39.0 Å². The molecule has 0 aromatic carbocycles. The van der Waals surface area contributed by atoms with E-state index in [4.69, 9.17) is 5.11 Å². The molecule has 1 aromatic rings. The van der Waals surface area contributed by atoms with Gasteiger partial charge in [0.15, 0.2) is 0 Å². The van der Waals surface area contributed by atoms with Crippen LogP contribution in [0.2, 0.25) is 0 Å². The molecule has 118 valence electrons. The van der Waals surface area contributed by atoms with Crippen molar-refractivity contribution in [1.29, 1.82) is 0 Å². The second-order valence-corrected chi connectivity index (χ2v) is 5.50. The van der Waals surface area contributed by atoms with Crippen LogP contribution in [0.15, 0.2) is 4.79 Å². The van der Waals surface area contributed by atoms with Crippen molar-refractivity contribution in [3.8, 4) is 0 Å². The molecule has 0 aliphatic carbocycles. The van der Waals surface area contributed by atoms with Crippen molar-refractivity contribution in [1.82, 2.24) is 15.3 Å². The standard InChI is InChI=1S/C15H25N3O3/c1-10(9-19)5-4-8-16-14(20)7-6-13-11(2)17-12(3)18-15(13)21/h10,19H,4-9H2,1-3H3,(H,16,20)(H,17,18,21). The zero-order valence-corrected chi connectivity index (χ0v) is 13.0. The van der Waals surface area contributed by atoms with Gasteiger partial charge in [-0.15, -0.1) is 0 Å². The molecule has 6 heteroatoms. The number of carbonyl (C=O) groups excluding carboxylic acids is 1. The summed E-state index contributed by atoms with van der Waals surface area (Å²) in [6.45, 7) is 6.27. The van der Waals surface area contributed by atoms with Crippen molar-refractivity contribution in [3.63, 3.8) is 0 Å². The minimum Gasteiger partial charge on any atom is -0.396 e. The number of nitrogens with one attached hydrogen (secondary N) is 2. The van der Waals surface area contributed by atoms with Crippen LogP contribution in [0.3, 0.4) is 0 Å². The first-order valence-electron chi connectivity index (χ1n) is 7.38. The Hall–Kier alpha value is -1.69. The lowest BCUT2D eigenvalue weighted by molar-refractivity contribution is -0.121. The Bertz CT molecular complexity index is 525. The van der Waals surface area contributed by atoms with Crippen LogP contribution in [0.1, 0.15) is 43.3 Å². The summed E-state index contributed by atoms with van der Waals surface area (Å²) in [5.74, 6) is 0.788. The fourth-order valence-electron chi connectivity index (χ4n) is 2.14. The highest BCUT2D eigenvalue weighted by atomic mass is 16.3. The number of aliphatic hydroxyl groups is 1. The van der Waals surface area contributed by atoms with Crippen molar-refractivity contribution < 1.29 is 9.90 Å². The Morgan fingerprint density at radius 1 is 1.43 bits per heavy atom. The van der Waals surface area contributed by atoms with Gasteiger partial charge in [0.1, 0.15) is 5.82 Å². The SMILES string of the molecule is Cc1nc(C)c(CCC(=O)NCCCC(C)CO)c(=O)[nH]1. The molecule has 0 radical (unpaired) electrons. The van der Waals surface area contributed by atoms with Gasteiger partial charge in [0, 0.05) is 30.8 Å². The topological polar surface area (TPSA) is 95.1 Å². The number of aryl methyl sites for hydroxylation is 2. The molecule has 6 nitrogen and oxygen atoms in total. The van der Waals surface area contributed by atoms with E-state index in [0.717, 1.165) is 12.8 Å². The summed E-state index contributed by atoms with van der Waals surface area (Å²) in [5, 5.41) is 11.7. The van der Waals surface area contributed by atoms with Gasteiger partial charge >= 0.3 is 0 Å². The maximum absolute atomic E-state index is 11.8. The highest BCUT2D eigenvalue weighted by molar-refractivity contribution is 5.76. The molecular weight excluding hydrogens is 270 g/mol. The summed E-state index contributed by atoms with van der Waals surface area (Å²) in [5.41, 5.74) is 1.09. The fourth-order valence-corrected chi connectivity index (χ4v) is 2.14. The van der Waals surface area contributed by atoms with Crippen molar-refractivity contribution in [3.05, 3.63) is 27.4 Å². The largest absolute Gasteiger partial charge is 0.396 e. The minimum absolute atomic E-state index is 0.0639. The van der Waals surface area contributed by atoms with Gasteiger partial charge in [-0.3, -0.25) is 9.59 Å². The van der Waals surface area contributed by atoms with E-state index < -0.39 is 0 Å². The molecule has 0 aliphatic rings. The van der Waals surface area contributed by atoms with Gasteiger partial charge in [0.05, 0.1) is 0 Å². The van der Waals surface area contributed by atoms with Crippen molar-refractivity contribution in [2.45, 2.75) is 46.5 Å². The molecule has 0 saturated heterocycles. The third-order valence-electron chi connectivity index (χ3n) is 3.45. The first kappa shape index (κ1) is 17.4. The number of rotatable bonds is 8. The van der Waals surface area contributed by atoms with E-state index in [-0.39, 0.29) is 30.4 Å². The van der Waals surface area contributed by atoms with Crippen LogP contribution in [-0.4, -0.2) is 34.1 Å². The van der Waals surface area contributed by atoms with Gasteiger partial charge in [-0.2, -0.15) is 0 Å². The van der Waals surface area contributed by atoms with E-state index in [1.807, 2.05) is 6.92 Å². The Kier molecular flexibility index (Phi) is 7.08. The number of aromatic nitrogens is 2. The number of aliphatic hydroxyl groups excluding tert-OH is 1. The van der Waals surface area contributed by atoms with Gasteiger partial charge in [-0.25, -0.2) is 4.98 Å². The second-order valence-electron chi connectivity index (χ2n) is 5.50. The first-order valence-corrected chi connectivity index (χ1v) is 7.38. The van der Waals surface area contributed by atoms with Crippen molar-refractivity contribution in [2.75, 3.05) is 13.2 Å². The van der Waals surface area contributed by atoms with E-state index >= 15 is 0 Å². The molecule has 1 unspecified atom stereocenters. The Labute approximate surface area is 125 Å². The van der Waals surface area contributed by atoms with Crippen LogP contribution in [0.25, 0.3) is 0 Å². The summed E-state index contributed by atoms with van der Waals surface area (Å²) in [6.07, 6.45) is 2.41. The number of amides is 1. The van der Waals surface area contributed by atoms with Gasteiger partial charge in [0.25, 0.3) is 5.56 Å². The molecule has 1 atom stereocenters. The smallest absolute Gasteiger partial charge is 0.254 e. The quantitative estimate of drug-likeness (QED) is 0.619. The summed E-state index contributed by atoms with van der Waals surface area (Å²) in [4.78, 5) is 30.4. The molecule has 1 rings (SSSR count). The first-order chi connectivity index (χ1) is 9.93. The lowest BCUT2D eigenvalue weighted by atomic mass is 10.1. The molecule has 1 heterocycles. The zero-order valence-electron chi connectivity index (χ0n) is 13.0. The predicted octanol–water partition coefficient (Wildman–Crippen LogP) is 0.844. The van der Waals surface area contributed by atoms with Crippen molar-refractivity contribution >= 4 is 5.91 Å². The van der Waals surface area contributed by atoms with E-state index in [1.165, 1.54) is 0 Å². The van der Waals surface area contributed by atoms with Crippen LogP contribution in [-0.2, 0) is 11.2 Å². The van der Waals surface area contributed by atoms with Gasteiger partial charge < -0.3 is 15.4 Å². The second kappa shape index (κ2) is 8.56. The molecule has 0 bridgehead atoms. The summed E-state index contributed by atoms with van der Waals surface area (Å²) < 4.78 is 0. The molecule has 3 N–H and O–H groups in total. The van der Waals surface area contributed by atoms with Crippen LogP contribution >= 0.6 is 0 Å². The van der Waals surface area contributed by atoms with E-state index in [0.29, 0.717) is 30.0 Å². The van der Waals surface area contributed by atoms with Crippen LogP contribution in [0, 0.1) is 19.8 Å². The number of nitrogens with zero attached hydrogens (tertiary/aromatic N) is 1. The van der Waals surface area contributed by atoms with Gasteiger partial charge in [-0.1, -0.05) is 6.92 Å². The maximum Gasteiger partial charge on any atom is 0.254 e. The summed E-state index contributed by atoms with van der Waals surface area (Å²) in [6, 6.07) is 0. The molecule has 21 heavy (non-hydrogen) atoms. The lowest BCUT2D eigenvalue weighted by Gasteiger charge is -2.09. The van der Waals surface area contributed by atoms with E-state index in [1.54, 1.807) is 13.8 Å². The Morgan fingerprint density at radius 3 is 2.76 bits per heavy atom. The third kappa shape index (κ3) is 6.08. The number of hydrogen-bond donors (Lipinski definition) is 3. The fraction of sp³-hybridized carbons (Fsp3) is 0.667. The molecule has 1 aromatic heterocycles. The number of aromatic amines is 1. The normalized spacial score (nSPS) is 12.2. The zero-order chi connectivity index (χ0) is 15.8. The predicted molar refractivity (Wildman–Crippen MR) is 81.1 cm³/mol. The monoisotopic (exact) mass is 295 g/mol. The molecule has 0 spiro atoms. The number of H-pyrrole nitrogens is 1. The molecule has 0 saturated carbocycles. The molecule has 0 fully saturated rings. The lowest BCUT2D eigenvalue weighted by Crippen LogP contribution is -2.26. The summed E-state index contributed by atoms with van der Waals surface area (Å²) >= 11 is 0. The highest BCUT2D eigenvalue weighted by Crippen LogP contribution is 2.04. The summed E-state index contributed by atoms with van der Waals surface area (Å²) in [7, 11) is 0. The van der Waals surface area contributed by atoms with E-state index in [9.17, 15) is 9.59 Å². The maximum atomic E-state index is 11.8. The Balaban J connectivity index is 2.35. The average Bonchev–Trinajstić information content (AvgIpc) is 2.42. The molecule has 0 aliphatic heterocycles. The Morgan fingerprint density at radius 2 is 2.14 bits per heavy atom. The molecular formula is C15H25N3O3. The minimum atomic E-state index is -0.162.